The highest BCUT2D eigenvalue weighted by molar-refractivity contribution is 5.69. The molecule has 1 amide bonds. The summed E-state index contributed by atoms with van der Waals surface area (Å²) in [4.78, 5) is 21.5. The zero-order chi connectivity index (χ0) is 23.9. The first-order valence-electron chi connectivity index (χ1n) is 11.2. The average Bonchev–Trinajstić information content (AvgIpc) is 3.53. The van der Waals surface area contributed by atoms with E-state index in [9.17, 15) is 9.18 Å². The molecule has 1 saturated carbocycles. The highest BCUT2D eigenvalue weighted by Gasteiger charge is 2.47. The van der Waals surface area contributed by atoms with E-state index in [2.05, 4.69) is 15.1 Å². The van der Waals surface area contributed by atoms with Gasteiger partial charge in [-0.25, -0.2) is 19.0 Å². The number of fused-ring (bicyclic) bond motifs is 2. The number of hydrogen-bond acceptors (Lipinski definition) is 6. The number of ether oxygens (including phenoxy) is 3. The summed E-state index contributed by atoms with van der Waals surface area (Å²) in [6.07, 6.45) is 2.40. The molecule has 1 N–H and O–H groups in total. The van der Waals surface area contributed by atoms with Gasteiger partial charge in [0.1, 0.15) is 17.5 Å². The molecule has 2 bridgehead atoms. The van der Waals surface area contributed by atoms with E-state index < -0.39 is 11.6 Å². The molecule has 178 valence electrons. The molecule has 1 aliphatic carbocycles. The van der Waals surface area contributed by atoms with Crippen LogP contribution in [-0.2, 0) is 9.47 Å². The molecule has 8 nitrogen and oxygen atoms in total. The van der Waals surface area contributed by atoms with Crippen LogP contribution in [0.2, 0.25) is 0 Å². The van der Waals surface area contributed by atoms with E-state index >= 15 is 4.39 Å². The second-order valence-electron chi connectivity index (χ2n) is 9.24. The van der Waals surface area contributed by atoms with Crippen LogP contribution in [-0.4, -0.2) is 54.0 Å². The number of nitrogens with one attached hydrogen (secondary N) is 1. The summed E-state index contributed by atoms with van der Waals surface area (Å²) in [5.41, 5.74) is -0.172. The van der Waals surface area contributed by atoms with Crippen LogP contribution in [0.5, 0.6) is 5.88 Å². The van der Waals surface area contributed by atoms with Gasteiger partial charge < -0.3 is 24.4 Å². The number of rotatable bonds is 5. The normalized spacial score (nSPS) is 24.6. The minimum atomic E-state index is -0.751. The highest BCUT2D eigenvalue weighted by Crippen LogP contribution is 2.40. The van der Waals surface area contributed by atoms with Gasteiger partial charge in [-0.05, 0) is 38.0 Å². The number of nitrogens with zero attached hydrogens (tertiary/aromatic N) is 3. The molecule has 1 aromatic carbocycles. The van der Waals surface area contributed by atoms with Gasteiger partial charge in [-0.2, -0.15) is 4.39 Å². The Labute approximate surface area is 195 Å². The molecule has 2 aliphatic heterocycles. The van der Waals surface area contributed by atoms with Crippen molar-refractivity contribution >= 4 is 23.2 Å². The Morgan fingerprint density at radius 3 is 2.62 bits per heavy atom. The lowest BCUT2D eigenvalue weighted by Gasteiger charge is -2.46. The second-order valence-corrected chi connectivity index (χ2v) is 9.24. The largest absolute Gasteiger partial charge is 0.471 e. The molecule has 2 saturated heterocycles. The predicted molar refractivity (Wildman–Crippen MR) is 118 cm³/mol. The number of piperidine rings is 1. The van der Waals surface area contributed by atoms with Crippen LogP contribution >= 0.6 is 0 Å². The van der Waals surface area contributed by atoms with Gasteiger partial charge in [0.2, 0.25) is 5.82 Å². The molecule has 34 heavy (non-hydrogen) atoms. The van der Waals surface area contributed by atoms with Gasteiger partial charge in [-0.1, -0.05) is 6.07 Å². The standard InChI is InChI=1S/C24H24F2N4O4/c1-24(6-7-24)34-23(31)30-10-14-12-32-13-15(11-30)21(14)33-22-20(26)19(5-8-28-22)29-18-4-3-16(27-2)9-17(18)25/h3-5,8-9,14-15,21H,6-7,10-13H2,1H3,(H,28,29). The van der Waals surface area contributed by atoms with E-state index in [0.29, 0.717) is 26.3 Å². The Kier molecular flexibility index (Phi) is 5.73. The number of pyridine rings is 1. The van der Waals surface area contributed by atoms with Gasteiger partial charge >= 0.3 is 6.09 Å². The van der Waals surface area contributed by atoms with Crippen LogP contribution in [0.4, 0.5) is 30.6 Å². The fraction of sp³-hybridized carbons (Fsp3) is 0.458. The summed E-state index contributed by atoms with van der Waals surface area (Å²) < 4.78 is 46.8. The van der Waals surface area contributed by atoms with E-state index in [1.54, 1.807) is 4.90 Å². The first-order chi connectivity index (χ1) is 16.3. The molecule has 10 heteroatoms. The number of hydrogen-bond donors (Lipinski definition) is 1. The van der Waals surface area contributed by atoms with Crippen molar-refractivity contribution in [3.8, 4) is 5.88 Å². The lowest BCUT2D eigenvalue weighted by molar-refractivity contribution is -0.112. The van der Waals surface area contributed by atoms with E-state index in [0.717, 1.165) is 18.9 Å². The highest BCUT2D eigenvalue weighted by atomic mass is 19.1. The van der Waals surface area contributed by atoms with Crippen LogP contribution < -0.4 is 10.1 Å². The Balaban J connectivity index is 1.30. The molecule has 2 unspecified atom stereocenters. The number of carbonyl (C=O) groups excluding carboxylic acids is 1. The summed E-state index contributed by atoms with van der Waals surface area (Å²) in [6, 6.07) is 5.28. The Hall–Kier alpha value is -3.45. The maximum atomic E-state index is 15.2. The Bertz CT molecular complexity index is 1140. The van der Waals surface area contributed by atoms with Crippen molar-refractivity contribution in [3.05, 3.63) is 53.5 Å². The molecular weight excluding hydrogens is 446 g/mol. The van der Waals surface area contributed by atoms with Crippen LogP contribution in [0, 0.1) is 30.0 Å². The van der Waals surface area contributed by atoms with Gasteiger partial charge in [-0.3, -0.25) is 0 Å². The summed E-state index contributed by atoms with van der Waals surface area (Å²) in [6.45, 7) is 10.4. The van der Waals surface area contributed by atoms with Crippen LogP contribution in [0.3, 0.4) is 0 Å². The lowest BCUT2D eigenvalue weighted by atomic mass is 9.84. The van der Waals surface area contributed by atoms with E-state index in [-0.39, 0.29) is 52.6 Å². The van der Waals surface area contributed by atoms with Crippen molar-refractivity contribution in [3.63, 3.8) is 0 Å². The maximum absolute atomic E-state index is 15.2. The smallest absolute Gasteiger partial charge is 0.410 e. The van der Waals surface area contributed by atoms with Gasteiger partial charge in [0, 0.05) is 31.1 Å². The maximum Gasteiger partial charge on any atom is 0.410 e. The van der Waals surface area contributed by atoms with Crippen LogP contribution in [0.1, 0.15) is 19.8 Å². The van der Waals surface area contributed by atoms with Gasteiger partial charge in [0.05, 0.1) is 31.2 Å². The molecule has 3 aliphatic rings. The molecule has 1 aromatic heterocycles. The van der Waals surface area contributed by atoms with Gasteiger partial charge in [-0.15, -0.1) is 0 Å². The SMILES string of the molecule is [C-]#[N+]c1ccc(Nc2ccnc(OC3C4COCC3CN(C(=O)OC3(C)CC3)C4)c2F)c(F)c1. The number of likely N-dealkylation sites (tertiary alicyclic amines) is 1. The predicted octanol–water partition coefficient (Wildman–Crippen LogP) is 4.67. The third kappa shape index (κ3) is 4.48. The Morgan fingerprint density at radius 2 is 1.97 bits per heavy atom. The lowest BCUT2D eigenvalue weighted by Crippen LogP contribution is -2.59. The minimum Gasteiger partial charge on any atom is -0.471 e. The third-order valence-electron chi connectivity index (χ3n) is 6.50. The molecule has 2 aromatic rings. The molecular formula is C24H24F2N4O4. The summed E-state index contributed by atoms with van der Waals surface area (Å²) in [5, 5.41) is 2.70. The number of carbonyl (C=O) groups is 1. The minimum absolute atomic E-state index is 0.000405. The number of anilines is 2. The molecule has 3 heterocycles. The van der Waals surface area contributed by atoms with E-state index in [4.69, 9.17) is 20.8 Å². The summed E-state index contributed by atoms with van der Waals surface area (Å²) in [5.74, 6) is -1.95. The average molecular weight is 470 g/mol. The van der Waals surface area contributed by atoms with Crippen molar-refractivity contribution in [2.45, 2.75) is 31.5 Å². The van der Waals surface area contributed by atoms with Gasteiger partial charge in [0.15, 0.2) is 5.69 Å². The monoisotopic (exact) mass is 470 g/mol. The van der Waals surface area contributed by atoms with E-state index in [1.807, 2.05) is 6.92 Å². The molecule has 3 fully saturated rings. The van der Waals surface area contributed by atoms with Crippen molar-refractivity contribution in [2.24, 2.45) is 11.8 Å². The number of benzene rings is 1. The molecule has 0 radical (unpaired) electrons. The van der Waals surface area contributed by atoms with Crippen molar-refractivity contribution in [1.82, 2.24) is 9.88 Å². The second kappa shape index (κ2) is 8.72. The number of amides is 1. The fourth-order valence-corrected chi connectivity index (χ4v) is 4.35. The van der Waals surface area contributed by atoms with Gasteiger partial charge in [0.25, 0.3) is 5.88 Å². The number of halogens is 2. The van der Waals surface area contributed by atoms with Crippen molar-refractivity contribution < 1.29 is 27.8 Å². The molecule has 0 spiro atoms. The number of aromatic nitrogens is 1. The fourth-order valence-electron chi connectivity index (χ4n) is 4.35. The van der Waals surface area contributed by atoms with Crippen molar-refractivity contribution in [2.75, 3.05) is 31.6 Å². The Morgan fingerprint density at radius 1 is 1.24 bits per heavy atom. The van der Waals surface area contributed by atoms with Crippen molar-refractivity contribution in [1.29, 1.82) is 0 Å². The first kappa shape index (κ1) is 22.3. The van der Waals surface area contributed by atoms with Crippen LogP contribution in [0.25, 0.3) is 4.85 Å². The van der Waals surface area contributed by atoms with E-state index in [1.165, 1.54) is 24.4 Å². The summed E-state index contributed by atoms with van der Waals surface area (Å²) in [7, 11) is 0. The topological polar surface area (TPSA) is 77.3 Å². The third-order valence-corrected chi connectivity index (χ3v) is 6.50. The quantitative estimate of drug-likeness (QED) is 0.640. The molecule has 2 atom stereocenters. The zero-order valence-corrected chi connectivity index (χ0v) is 18.6. The zero-order valence-electron chi connectivity index (χ0n) is 18.6. The summed E-state index contributed by atoms with van der Waals surface area (Å²) >= 11 is 0. The van der Waals surface area contributed by atoms with Crippen LogP contribution in [0.15, 0.2) is 30.5 Å². The first-order valence-corrected chi connectivity index (χ1v) is 11.2. The molecule has 5 rings (SSSR count).